The zero-order chi connectivity index (χ0) is 6.57. The van der Waals surface area contributed by atoms with E-state index in [1.165, 1.54) is 12.4 Å². The summed E-state index contributed by atoms with van der Waals surface area (Å²) in [5.41, 5.74) is 1.23. The molecule has 0 bridgehead atoms. The Hall–Kier alpha value is -0.900. The average molecular weight is 117 g/mol. The first-order valence-electron chi connectivity index (χ1n) is 2.19. The van der Waals surface area contributed by atoms with Crippen molar-refractivity contribution in [1.29, 1.82) is 0 Å². The van der Waals surface area contributed by atoms with Crippen molar-refractivity contribution < 1.29 is 14.8 Å². The first-order chi connectivity index (χ1) is 3.72. The van der Waals surface area contributed by atoms with Crippen molar-refractivity contribution in [1.82, 2.24) is 5.48 Å². The van der Waals surface area contributed by atoms with Gasteiger partial charge in [0.05, 0.1) is 0 Å². The third-order valence-electron chi connectivity index (χ3n) is 0.676. The fourth-order valence-corrected chi connectivity index (χ4v) is 0.223. The monoisotopic (exact) mass is 117 g/mol. The third-order valence-corrected chi connectivity index (χ3v) is 0.676. The van der Waals surface area contributed by atoms with Gasteiger partial charge in [-0.05, 0) is 0 Å². The van der Waals surface area contributed by atoms with E-state index < -0.39 is 11.7 Å². The Morgan fingerprint density at radius 1 is 1.62 bits per heavy atom. The van der Waals surface area contributed by atoms with Crippen molar-refractivity contribution >= 4 is 11.7 Å². The van der Waals surface area contributed by atoms with Gasteiger partial charge in [0, 0.05) is 6.42 Å². The van der Waals surface area contributed by atoms with Crippen molar-refractivity contribution in [2.45, 2.75) is 13.3 Å². The van der Waals surface area contributed by atoms with Gasteiger partial charge in [0.25, 0.3) is 0 Å². The van der Waals surface area contributed by atoms with E-state index in [0.717, 1.165) is 0 Å². The van der Waals surface area contributed by atoms with Gasteiger partial charge >= 0.3 is 5.91 Å². The lowest BCUT2D eigenvalue weighted by molar-refractivity contribution is -0.142. The topological polar surface area (TPSA) is 66.4 Å². The second-order valence-corrected chi connectivity index (χ2v) is 1.22. The highest BCUT2D eigenvalue weighted by atomic mass is 16.5. The van der Waals surface area contributed by atoms with Crippen molar-refractivity contribution in [3.8, 4) is 0 Å². The van der Waals surface area contributed by atoms with Crippen LogP contribution in [0.4, 0.5) is 0 Å². The molecule has 0 aliphatic heterocycles. The molecule has 0 fully saturated rings. The summed E-state index contributed by atoms with van der Waals surface area (Å²) in [6, 6.07) is 0. The smallest absolute Gasteiger partial charge is 0.289 e. The standard InChI is InChI=1S/C4H7NO3/c1-2-3(6)4(7)5-8/h8H,2H2,1H3,(H,5,7). The van der Waals surface area contributed by atoms with Gasteiger partial charge in [0.1, 0.15) is 0 Å². The summed E-state index contributed by atoms with van der Waals surface area (Å²) in [5, 5.41) is 7.82. The Morgan fingerprint density at radius 2 is 2.12 bits per heavy atom. The highest BCUT2D eigenvalue weighted by molar-refractivity contribution is 6.35. The van der Waals surface area contributed by atoms with Crippen LogP contribution in [0.25, 0.3) is 0 Å². The van der Waals surface area contributed by atoms with Crippen LogP contribution in [0.1, 0.15) is 13.3 Å². The van der Waals surface area contributed by atoms with E-state index in [9.17, 15) is 9.59 Å². The Labute approximate surface area is 46.5 Å². The molecule has 0 saturated heterocycles. The molecule has 0 heterocycles. The van der Waals surface area contributed by atoms with Gasteiger partial charge in [-0.1, -0.05) is 6.92 Å². The molecule has 1 amide bonds. The van der Waals surface area contributed by atoms with E-state index >= 15 is 0 Å². The van der Waals surface area contributed by atoms with E-state index in [4.69, 9.17) is 5.21 Å². The lowest BCUT2D eigenvalue weighted by Crippen LogP contribution is -2.27. The lowest BCUT2D eigenvalue weighted by Gasteiger charge is -1.89. The summed E-state index contributed by atoms with van der Waals surface area (Å²) < 4.78 is 0. The van der Waals surface area contributed by atoms with Crippen molar-refractivity contribution in [2.24, 2.45) is 0 Å². The molecular weight excluding hydrogens is 110 g/mol. The lowest BCUT2D eigenvalue weighted by atomic mass is 10.3. The van der Waals surface area contributed by atoms with Crippen LogP contribution in [0.2, 0.25) is 0 Å². The number of amides is 1. The Kier molecular flexibility index (Phi) is 2.79. The van der Waals surface area contributed by atoms with Crippen molar-refractivity contribution in [3.05, 3.63) is 0 Å². The number of ketones is 1. The maximum atomic E-state index is 10.2. The zero-order valence-electron chi connectivity index (χ0n) is 4.47. The van der Waals surface area contributed by atoms with Gasteiger partial charge in [0.15, 0.2) is 0 Å². The van der Waals surface area contributed by atoms with Crippen LogP contribution in [-0.2, 0) is 9.59 Å². The second kappa shape index (κ2) is 3.15. The normalized spacial score (nSPS) is 8.25. The molecule has 0 radical (unpaired) electrons. The fraction of sp³-hybridized carbons (Fsp3) is 0.500. The quantitative estimate of drug-likeness (QED) is 0.290. The van der Waals surface area contributed by atoms with Crippen molar-refractivity contribution in [3.63, 3.8) is 0 Å². The average Bonchev–Trinajstić information content (AvgIpc) is 1.84. The van der Waals surface area contributed by atoms with Gasteiger partial charge in [-0.2, -0.15) is 0 Å². The molecule has 46 valence electrons. The number of hydrogen-bond acceptors (Lipinski definition) is 3. The van der Waals surface area contributed by atoms with Crippen LogP contribution in [0, 0.1) is 0 Å². The van der Waals surface area contributed by atoms with E-state index in [1.807, 2.05) is 0 Å². The van der Waals surface area contributed by atoms with E-state index in [1.54, 1.807) is 0 Å². The summed E-state index contributed by atoms with van der Waals surface area (Å²) >= 11 is 0. The predicted octanol–water partition coefficient (Wildman–Crippen LogP) is -0.529. The van der Waals surface area contributed by atoms with E-state index in [0.29, 0.717) is 0 Å². The summed E-state index contributed by atoms with van der Waals surface area (Å²) in [7, 11) is 0. The molecular formula is C4H7NO3. The van der Waals surface area contributed by atoms with Gasteiger partial charge in [-0.25, -0.2) is 5.48 Å². The maximum absolute atomic E-state index is 10.2. The third kappa shape index (κ3) is 1.70. The second-order valence-electron chi connectivity index (χ2n) is 1.22. The number of hydrogen-bond donors (Lipinski definition) is 2. The van der Waals surface area contributed by atoms with Crippen LogP contribution in [0.3, 0.4) is 0 Å². The van der Waals surface area contributed by atoms with Crippen LogP contribution in [0.5, 0.6) is 0 Å². The van der Waals surface area contributed by atoms with Crippen LogP contribution in [-0.4, -0.2) is 16.9 Å². The molecule has 0 spiro atoms. The number of nitrogens with one attached hydrogen (secondary N) is 1. The Balaban J connectivity index is 3.64. The number of rotatable bonds is 2. The van der Waals surface area contributed by atoms with Crippen LogP contribution >= 0.6 is 0 Å². The van der Waals surface area contributed by atoms with Crippen molar-refractivity contribution in [2.75, 3.05) is 0 Å². The molecule has 2 N–H and O–H groups in total. The fourth-order valence-electron chi connectivity index (χ4n) is 0.223. The molecule has 0 aliphatic carbocycles. The molecule has 4 nitrogen and oxygen atoms in total. The molecule has 4 heteroatoms. The minimum atomic E-state index is -0.951. The minimum absolute atomic E-state index is 0.117. The highest BCUT2D eigenvalue weighted by Crippen LogP contribution is 1.77. The molecule has 0 rings (SSSR count). The summed E-state index contributed by atoms with van der Waals surface area (Å²) in [6.45, 7) is 1.54. The van der Waals surface area contributed by atoms with Gasteiger partial charge < -0.3 is 0 Å². The molecule has 0 aromatic heterocycles. The number of carbonyl (C=O) groups excluding carboxylic acids is 2. The predicted molar refractivity (Wildman–Crippen MR) is 25.2 cm³/mol. The SMILES string of the molecule is CCC(=O)C(=O)NO. The summed E-state index contributed by atoms with van der Waals surface area (Å²) in [6.07, 6.45) is 0.117. The molecule has 0 aromatic rings. The maximum Gasteiger partial charge on any atom is 0.310 e. The largest absolute Gasteiger partial charge is 0.310 e. The zero-order valence-corrected chi connectivity index (χ0v) is 4.47. The van der Waals surface area contributed by atoms with Gasteiger partial charge in [-0.3, -0.25) is 14.8 Å². The molecule has 8 heavy (non-hydrogen) atoms. The van der Waals surface area contributed by atoms with Gasteiger partial charge in [-0.15, -0.1) is 0 Å². The molecule has 0 aromatic carbocycles. The highest BCUT2D eigenvalue weighted by Gasteiger charge is 2.07. The molecule has 0 saturated carbocycles. The minimum Gasteiger partial charge on any atom is -0.289 e. The van der Waals surface area contributed by atoms with E-state index in [-0.39, 0.29) is 6.42 Å². The molecule has 0 unspecified atom stereocenters. The molecule has 0 aliphatic rings. The Morgan fingerprint density at radius 3 is 2.25 bits per heavy atom. The number of hydroxylamine groups is 1. The summed E-state index contributed by atoms with van der Waals surface area (Å²) in [4.78, 5) is 20.2. The first kappa shape index (κ1) is 7.10. The number of Topliss-reactive ketones (excluding diaryl/α,β-unsaturated/α-hetero) is 1. The number of carbonyl (C=O) groups is 2. The molecule has 0 atom stereocenters. The first-order valence-corrected chi connectivity index (χ1v) is 2.19. The van der Waals surface area contributed by atoms with Crippen LogP contribution in [0.15, 0.2) is 0 Å². The summed E-state index contributed by atoms with van der Waals surface area (Å²) in [5.74, 6) is -1.57. The Bertz CT molecular complexity index is 95.9. The van der Waals surface area contributed by atoms with Gasteiger partial charge in [0.2, 0.25) is 5.78 Å². The van der Waals surface area contributed by atoms with E-state index in [2.05, 4.69) is 0 Å². The van der Waals surface area contributed by atoms with Crippen LogP contribution < -0.4 is 5.48 Å².